The van der Waals surface area contributed by atoms with Crippen LogP contribution in [-0.2, 0) is 38.1 Å². The van der Waals surface area contributed by atoms with E-state index in [0.29, 0.717) is 6.42 Å². The molecule has 1 atom stereocenters. The van der Waals surface area contributed by atoms with Gasteiger partial charge >= 0.3 is 13.3 Å². The molecule has 0 saturated carbocycles. The molecule has 0 unspecified atom stereocenters. The van der Waals surface area contributed by atoms with Crippen molar-refractivity contribution in [2.45, 2.75) is 39.2 Å². The Labute approximate surface area is 187 Å². The molecule has 0 radical (unpaired) electrons. The van der Waals surface area contributed by atoms with Crippen LogP contribution in [0, 0.1) is 0 Å². The molecule has 1 heterocycles. The Morgan fingerprint density at radius 3 is 2.03 bits per heavy atom. The molecular formula is C23H28N3O5P. The van der Waals surface area contributed by atoms with Crippen LogP contribution in [0.25, 0.3) is 0 Å². The molecule has 0 aliphatic heterocycles. The molecule has 0 spiro atoms. The summed E-state index contributed by atoms with van der Waals surface area (Å²) in [5, 5.41) is 0. The molecule has 2 aromatic carbocycles. The van der Waals surface area contributed by atoms with Crippen LogP contribution in [0.15, 0.2) is 77.7 Å². The monoisotopic (exact) mass is 457 g/mol. The lowest BCUT2D eigenvalue weighted by Crippen LogP contribution is -2.30. The largest absolute Gasteiger partial charge is 0.383 e. The molecule has 0 fully saturated rings. The Bertz CT molecular complexity index is 1030. The molecule has 0 aliphatic rings. The second-order valence-corrected chi connectivity index (χ2v) is 9.24. The van der Waals surface area contributed by atoms with E-state index in [-0.39, 0.29) is 38.0 Å². The number of rotatable bonds is 12. The van der Waals surface area contributed by atoms with Crippen LogP contribution < -0.4 is 11.4 Å². The normalized spacial score (nSPS) is 12.5. The van der Waals surface area contributed by atoms with Gasteiger partial charge in [-0.3, -0.25) is 9.13 Å². The predicted molar refractivity (Wildman–Crippen MR) is 123 cm³/mol. The summed E-state index contributed by atoms with van der Waals surface area (Å²) in [7, 11) is -3.59. The Kier molecular flexibility index (Phi) is 8.76. The zero-order valence-corrected chi connectivity index (χ0v) is 18.9. The topological polar surface area (TPSA) is 106 Å². The lowest BCUT2D eigenvalue weighted by Gasteiger charge is -2.23. The third kappa shape index (κ3) is 7.43. The quantitative estimate of drug-likeness (QED) is 0.406. The summed E-state index contributed by atoms with van der Waals surface area (Å²) in [4.78, 5) is 15.7. The van der Waals surface area contributed by atoms with Crippen LogP contribution in [0.2, 0.25) is 0 Å². The van der Waals surface area contributed by atoms with Gasteiger partial charge in [0.15, 0.2) is 0 Å². The highest BCUT2D eigenvalue weighted by molar-refractivity contribution is 7.53. The Hall–Kier alpha value is -2.77. The van der Waals surface area contributed by atoms with Crippen molar-refractivity contribution >= 4 is 13.4 Å². The van der Waals surface area contributed by atoms with Gasteiger partial charge in [0.2, 0.25) is 0 Å². The van der Waals surface area contributed by atoms with Crippen LogP contribution in [0.1, 0.15) is 24.5 Å². The van der Waals surface area contributed by atoms with Gasteiger partial charge in [0.05, 0.1) is 25.9 Å². The second-order valence-electron chi connectivity index (χ2n) is 7.24. The highest BCUT2D eigenvalue weighted by Gasteiger charge is 2.27. The molecular weight excluding hydrogens is 429 g/mol. The molecule has 3 aromatic rings. The molecule has 3 rings (SSSR count). The Morgan fingerprint density at radius 2 is 1.53 bits per heavy atom. The van der Waals surface area contributed by atoms with Gasteiger partial charge in [0.1, 0.15) is 12.2 Å². The fourth-order valence-electron chi connectivity index (χ4n) is 2.90. The highest BCUT2D eigenvalue weighted by Crippen LogP contribution is 2.50. The summed E-state index contributed by atoms with van der Waals surface area (Å²) in [5.41, 5.74) is 6.84. The molecule has 170 valence electrons. The number of nitrogens with two attached hydrogens (primary N) is 1. The smallest absolute Gasteiger partial charge is 0.356 e. The zero-order valence-electron chi connectivity index (χ0n) is 18.0. The van der Waals surface area contributed by atoms with Crippen LogP contribution >= 0.6 is 7.60 Å². The van der Waals surface area contributed by atoms with Crippen molar-refractivity contribution in [2.75, 3.05) is 12.1 Å². The minimum Gasteiger partial charge on any atom is -0.383 e. The molecule has 0 bridgehead atoms. The Morgan fingerprint density at radius 1 is 0.969 bits per heavy atom. The lowest BCUT2D eigenvalue weighted by atomic mass is 10.2. The molecule has 2 N–H and O–H groups in total. The summed E-state index contributed by atoms with van der Waals surface area (Å²) < 4.78 is 32.2. The number of aromatic nitrogens is 2. The number of anilines is 1. The van der Waals surface area contributed by atoms with Crippen molar-refractivity contribution < 1.29 is 18.3 Å². The van der Waals surface area contributed by atoms with E-state index in [1.165, 1.54) is 4.57 Å². The second kappa shape index (κ2) is 11.7. The van der Waals surface area contributed by atoms with E-state index in [9.17, 15) is 9.36 Å². The van der Waals surface area contributed by atoms with Crippen molar-refractivity contribution in [3.63, 3.8) is 0 Å². The minimum atomic E-state index is -3.59. The standard InChI is InChI=1S/C23H28N3O5P/c1-2-21(15-26-14-13-22(24)25-23(26)27)29-18-32(28,30-16-19-9-5-3-6-10-19)31-17-20-11-7-4-8-12-20/h3-14,21H,2,15-18H2,1H3,(H2,24,25,27)/t21-/m1/s1. The molecule has 0 amide bonds. The van der Waals surface area contributed by atoms with E-state index in [1.807, 2.05) is 67.6 Å². The van der Waals surface area contributed by atoms with Gasteiger partial charge < -0.3 is 19.5 Å². The lowest BCUT2D eigenvalue weighted by molar-refractivity contribution is 0.0483. The van der Waals surface area contributed by atoms with E-state index in [1.54, 1.807) is 12.3 Å². The zero-order chi connectivity index (χ0) is 22.8. The average molecular weight is 457 g/mol. The first-order valence-electron chi connectivity index (χ1n) is 10.4. The fraction of sp³-hybridized carbons (Fsp3) is 0.304. The first kappa shape index (κ1) is 23.9. The van der Waals surface area contributed by atoms with Gasteiger partial charge in [0.25, 0.3) is 0 Å². The number of benzene rings is 2. The van der Waals surface area contributed by atoms with Crippen LogP contribution in [0.3, 0.4) is 0 Å². The summed E-state index contributed by atoms with van der Waals surface area (Å²) in [6, 6.07) is 20.4. The van der Waals surface area contributed by atoms with E-state index in [2.05, 4.69) is 4.98 Å². The van der Waals surface area contributed by atoms with Gasteiger partial charge in [0, 0.05) is 6.20 Å². The van der Waals surface area contributed by atoms with E-state index in [4.69, 9.17) is 19.5 Å². The number of hydrogen-bond acceptors (Lipinski definition) is 7. The van der Waals surface area contributed by atoms with E-state index >= 15 is 0 Å². The first-order chi connectivity index (χ1) is 15.5. The molecule has 8 nitrogen and oxygen atoms in total. The molecule has 9 heteroatoms. The number of ether oxygens (including phenoxy) is 1. The predicted octanol–water partition coefficient (Wildman–Crippen LogP) is 4.20. The maximum atomic E-state index is 13.5. The van der Waals surface area contributed by atoms with Gasteiger partial charge in [-0.2, -0.15) is 4.98 Å². The third-order valence-corrected chi connectivity index (χ3v) is 6.27. The van der Waals surface area contributed by atoms with Crippen molar-refractivity contribution in [3.05, 3.63) is 94.5 Å². The van der Waals surface area contributed by atoms with Crippen LogP contribution in [0.5, 0.6) is 0 Å². The SMILES string of the molecule is CC[C@H](Cn1ccc(N)nc1=O)OCP(=O)(OCc1ccccc1)OCc1ccccc1. The van der Waals surface area contributed by atoms with Crippen LogP contribution in [0.4, 0.5) is 5.82 Å². The van der Waals surface area contributed by atoms with Gasteiger partial charge in [-0.1, -0.05) is 67.6 Å². The number of nitrogen functional groups attached to an aromatic ring is 1. The van der Waals surface area contributed by atoms with Crippen LogP contribution in [-0.4, -0.2) is 22.0 Å². The maximum absolute atomic E-state index is 13.5. The summed E-state index contributed by atoms with van der Waals surface area (Å²) in [6.45, 7) is 2.43. The van der Waals surface area contributed by atoms with Gasteiger partial charge in [-0.25, -0.2) is 4.79 Å². The van der Waals surface area contributed by atoms with Gasteiger partial charge in [-0.15, -0.1) is 0 Å². The van der Waals surface area contributed by atoms with Crippen molar-refractivity contribution in [2.24, 2.45) is 0 Å². The van der Waals surface area contributed by atoms with E-state index < -0.39 is 13.3 Å². The maximum Gasteiger partial charge on any atom is 0.356 e. The van der Waals surface area contributed by atoms with Crippen molar-refractivity contribution in [3.8, 4) is 0 Å². The van der Waals surface area contributed by atoms with E-state index in [0.717, 1.165) is 11.1 Å². The Balaban J connectivity index is 1.66. The molecule has 1 aromatic heterocycles. The number of hydrogen-bond donors (Lipinski definition) is 1. The third-order valence-electron chi connectivity index (χ3n) is 4.76. The molecule has 32 heavy (non-hydrogen) atoms. The summed E-state index contributed by atoms with van der Waals surface area (Å²) >= 11 is 0. The number of nitrogens with zero attached hydrogens (tertiary/aromatic N) is 2. The van der Waals surface area contributed by atoms with Crippen molar-refractivity contribution in [1.82, 2.24) is 9.55 Å². The first-order valence-corrected chi connectivity index (χ1v) is 12.1. The molecule has 0 aliphatic carbocycles. The summed E-state index contributed by atoms with van der Waals surface area (Å²) in [6.07, 6.45) is 1.54. The summed E-state index contributed by atoms with van der Waals surface area (Å²) in [5.74, 6) is 0.161. The van der Waals surface area contributed by atoms with Gasteiger partial charge in [-0.05, 0) is 23.6 Å². The fourth-order valence-corrected chi connectivity index (χ4v) is 4.21. The van der Waals surface area contributed by atoms with Crippen molar-refractivity contribution in [1.29, 1.82) is 0 Å². The minimum absolute atomic E-state index is 0.133. The highest BCUT2D eigenvalue weighted by atomic mass is 31.2. The average Bonchev–Trinajstić information content (AvgIpc) is 2.82. The molecule has 0 saturated heterocycles.